The van der Waals surface area contributed by atoms with Crippen LogP contribution < -0.4 is 10.0 Å². The SMILES string of the molecule is CCCCP(CCCC)CCCC.O.[Ca+2].[O-][B][O-]. The Kier molecular flexibility index (Phi) is 41.9. The third kappa shape index (κ3) is 26.2. The van der Waals surface area contributed by atoms with Gasteiger partial charge in [0.1, 0.15) is 0 Å². The van der Waals surface area contributed by atoms with Crippen LogP contribution in [0.2, 0.25) is 0 Å². The normalized spacial score (nSPS) is 8.78. The molecule has 0 aliphatic heterocycles. The van der Waals surface area contributed by atoms with E-state index < -0.39 is 7.69 Å². The average Bonchev–Trinajstić information content (AvgIpc) is 2.29. The summed E-state index contributed by atoms with van der Waals surface area (Å²) in [6.07, 6.45) is 13.2. The van der Waals surface area contributed by atoms with E-state index in [0.29, 0.717) is 7.92 Å². The maximum Gasteiger partial charge on any atom is 2.00 e. The molecule has 0 saturated heterocycles. The first kappa shape index (κ1) is 27.9. The second-order valence-electron chi connectivity index (χ2n) is 4.00. The van der Waals surface area contributed by atoms with Gasteiger partial charge in [0, 0.05) is 0 Å². The first-order valence-electron chi connectivity index (χ1n) is 6.54. The molecule has 0 aliphatic carbocycles. The van der Waals surface area contributed by atoms with Crippen LogP contribution in [-0.4, -0.2) is 69.4 Å². The Morgan fingerprint density at radius 1 is 0.778 bits per heavy atom. The molecular formula is C12H29BCaO3P. The molecule has 0 atom stereocenters. The van der Waals surface area contributed by atoms with Crippen molar-refractivity contribution < 1.29 is 15.5 Å². The molecule has 0 amide bonds. The Morgan fingerprint density at radius 2 is 1.00 bits per heavy atom. The quantitative estimate of drug-likeness (QED) is 0.469. The molecule has 0 aromatic carbocycles. The Morgan fingerprint density at radius 3 is 1.17 bits per heavy atom. The van der Waals surface area contributed by atoms with Crippen LogP contribution in [0.3, 0.4) is 0 Å². The summed E-state index contributed by atoms with van der Waals surface area (Å²) < 4.78 is 0. The molecule has 0 rings (SSSR count). The van der Waals surface area contributed by atoms with E-state index in [1.807, 2.05) is 0 Å². The zero-order chi connectivity index (χ0) is 12.6. The minimum absolute atomic E-state index is 0. The number of unbranched alkanes of at least 4 members (excludes halogenated alkanes) is 3. The van der Waals surface area contributed by atoms with E-state index in [0.717, 1.165) is 0 Å². The number of hydrogen-bond acceptors (Lipinski definition) is 2. The summed E-state index contributed by atoms with van der Waals surface area (Å²) in [5.74, 6) is 0. The molecule has 0 aromatic rings. The Bertz CT molecular complexity index is 104. The van der Waals surface area contributed by atoms with E-state index in [4.69, 9.17) is 10.0 Å². The molecular weight excluding hydrogens is 274 g/mol. The van der Waals surface area contributed by atoms with Crippen LogP contribution in [0.1, 0.15) is 59.3 Å². The van der Waals surface area contributed by atoms with Gasteiger partial charge in [-0.3, -0.25) is 0 Å². The van der Waals surface area contributed by atoms with E-state index >= 15 is 0 Å². The van der Waals surface area contributed by atoms with Gasteiger partial charge in [0.15, 0.2) is 0 Å². The van der Waals surface area contributed by atoms with Gasteiger partial charge in [0.2, 0.25) is 0 Å². The topological polar surface area (TPSA) is 77.6 Å². The minimum atomic E-state index is -0.500. The summed E-state index contributed by atoms with van der Waals surface area (Å²) in [6.45, 7) is 6.94. The van der Waals surface area contributed by atoms with E-state index in [1.54, 1.807) is 18.5 Å². The van der Waals surface area contributed by atoms with Crippen molar-refractivity contribution in [2.75, 3.05) is 18.5 Å². The zero-order valence-corrected chi connectivity index (χ0v) is 15.5. The fraction of sp³-hybridized carbons (Fsp3) is 1.00. The van der Waals surface area contributed by atoms with Gasteiger partial charge in [0.25, 0.3) is 0 Å². The van der Waals surface area contributed by atoms with E-state index in [9.17, 15) is 0 Å². The van der Waals surface area contributed by atoms with Crippen molar-refractivity contribution in [2.45, 2.75) is 59.3 Å². The van der Waals surface area contributed by atoms with E-state index in [-0.39, 0.29) is 43.2 Å². The van der Waals surface area contributed by atoms with Crippen molar-refractivity contribution in [3.8, 4) is 0 Å². The summed E-state index contributed by atoms with van der Waals surface area (Å²) in [5, 5.41) is 16.5. The van der Waals surface area contributed by atoms with Crippen LogP contribution in [0.4, 0.5) is 0 Å². The smallest absolute Gasteiger partial charge is 0.900 e. The molecule has 105 valence electrons. The largest absolute Gasteiger partial charge is 2.00 e. The van der Waals surface area contributed by atoms with Gasteiger partial charge in [-0.25, -0.2) is 7.69 Å². The molecule has 0 aliphatic rings. The van der Waals surface area contributed by atoms with Gasteiger partial charge < -0.3 is 15.5 Å². The summed E-state index contributed by atoms with van der Waals surface area (Å²) in [6, 6.07) is 0. The van der Waals surface area contributed by atoms with E-state index in [2.05, 4.69) is 20.8 Å². The van der Waals surface area contributed by atoms with Crippen LogP contribution >= 0.6 is 7.92 Å². The Labute approximate surface area is 146 Å². The van der Waals surface area contributed by atoms with Crippen molar-refractivity contribution in [1.29, 1.82) is 0 Å². The van der Waals surface area contributed by atoms with Gasteiger partial charge in [-0.15, -0.1) is 7.92 Å². The number of hydrogen-bond donors (Lipinski definition) is 0. The van der Waals surface area contributed by atoms with Crippen molar-refractivity contribution in [3.63, 3.8) is 0 Å². The predicted molar refractivity (Wildman–Crippen MR) is 81.4 cm³/mol. The molecule has 0 spiro atoms. The van der Waals surface area contributed by atoms with Crippen LogP contribution in [-0.2, 0) is 0 Å². The maximum atomic E-state index is 8.25. The molecule has 6 heteroatoms. The van der Waals surface area contributed by atoms with E-state index in [1.165, 1.54) is 38.5 Å². The first-order chi connectivity index (χ1) is 7.76. The van der Waals surface area contributed by atoms with Crippen LogP contribution in [0, 0.1) is 0 Å². The molecule has 18 heavy (non-hydrogen) atoms. The van der Waals surface area contributed by atoms with Crippen molar-refractivity contribution >= 4 is 53.3 Å². The van der Waals surface area contributed by atoms with Gasteiger partial charge in [-0.05, 0) is 37.7 Å². The van der Waals surface area contributed by atoms with Gasteiger partial charge in [-0.1, -0.05) is 40.0 Å². The summed E-state index contributed by atoms with van der Waals surface area (Å²) in [4.78, 5) is 0. The fourth-order valence-electron chi connectivity index (χ4n) is 1.48. The molecule has 3 nitrogen and oxygen atoms in total. The molecule has 0 heterocycles. The number of rotatable bonds is 9. The molecule has 0 fully saturated rings. The van der Waals surface area contributed by atoms with Crippen molar-refractivity contribution in [1.82, 2.24) is 0 Å². The van der Waals surface area contributed by atoms with Crippen molar-refractivity contribution in [3.05, 3.63) is 0 Å². The second kappa shape index (κ2) is 27.1. The molecule has 0 bridgehead atoms. The zero-order valence-electron chi connectivity index (χ0n) is 12.4. The van der Waals surface area contributed by atoms with Gasteiger partial charge >= 0.3 is 37.7 Å². The monoisotopic (exact) mass is 303 g/mol. The summed E-state index contributed by atoms with van der Waals surface area (Å²) in [7, 11) is -0.0783. The van der Waals surface area contributed by atoms with Gasteiger partial charge in [-0.2, -0.15) is 0 Å². The molecule has 2 N–H and O–H groups in total. The summed E-state index contributed by atoms with van der Waals surface area (Å²) >= 11 is 0. The Hall–Kier alpha value is 1.63. The first-order valence-corrected chi connectivity index (χ1v) is 8.44. The molecule has 0 saturated carbocycles. The fourth-order valence-corrected chi connectivity index (χ4v) is 4.44. The Balaban J connectivity index is -0.000000177. The van der Waals surface area contributed by atoms with Crippen LogP contribution in [0.25, 0.3) is 0 Å². The van der Waals surface area contributed by atoms with Crippen LogP contribution in [0.5, 0.6) is 0 Å². The maximum absolute atomic E-state index is 8.25. The average molecular weight is 303 g/mol. The third-order valence-electron chi connectivity index (χ3n) is 2.48. The third-order valence-corrected chi connectivity index (χ3v) is 5.33. The predicted octanol–water partition coefficient (Wildman–Crippen LogP) is 0.904. The molecule has 0 aromatic heterocycles. The summed E-state index contributed by atoms with van der Waals surface area (Å²) in [5.41, 5.74) is 0. The van der Waals surface area contributed by atoms with Crippen molar-refractivity contribution in [2.24, 2.45) is 0 Å². The standard InChI is InChI=1S/C12H27P.BO2.Ca.H2O/c1-4-7-10-13(11-8-5-2)12-9-6-3;2-1-3;;/h4-12H2,1-3H3;;;1H2/q;-2;+2;. The molecule has 1 radical (unpaired) electrons. The minimum Gasteiger partial charge on any atom is -0.900 e. The van der Waals surface area contributed by atoms with Gasteiger partial charge in [0.05, 0.1) is 0 Å². The van der Waals surface area contributed by atoms with Crippen LogP contribution in [0.15, 0.2) is 0 Å². The second-order valence-corrected chi connectivity index (χ2v) is 6.68. The molecule has 0 unspecified atom stereocenters.